The molecule has 0 N–H and O–H groups in total. The van der Waals surface area contributed by atoms with Gasteiger partial charge in [-0.3, -0.25) is 4.79 Å². The summed E-state index contributed by atoms with van der Waals surface area (Å²) in [5.41, 5.74) is 3.78. The van der Waals surface area contributed by atoms with Gasteiger partial charge in [0, 0.05) is 50.3 Å². The minimum absolute atomic E-state index is 0.0795. The molecule has 138 valence electrons. The number of anilines is 1. The number of carbonyl (C=O) groups is 1. The van der Waals surface area contributed by atoms with Gasteiger partial charge in [-0.15, -0.1) is 0 Å². The van der Waals surface area contributed by atoms with Crippen LogP contribution in [-0.2, 0) is 6.54 Å². The van der Waals surface area contributed by atoms with Gasteiger partial charge < -0.3 is 14.4 Å². The van der Waals surface area contributed by atoms with Crippen LogP contribution in [-0.4, -0.2) is 36.0 Å². The first kappa shape index (κ1) is 17.3. The SMILES string of the molecule is CN(C)c1ccc([C@@H]2c3cccn3CCN2C(=O)c2ccc(F)cc2)cc1. The molecule has 2 heterocycles. The lowest BCUT2D eigenvalue weighted by molar-refractivity contribution is 0.0664. The van der Waals surface area contributed by atoms with Crippen LogP contribution in [0.1, 0.15) is 27.7 Å². The maximum absolute atomic E-state index is 13.3. The lowest BCUT2D eigenvalue weighted by atomic mass is 9.98. The van der Waals surface area contributed by atoms with Crippen molar-refractivity contribution in [1.82, 2.24) is 9.47 Å². The van der Waals surface area contributed by atoms with Crippen molar-refractivity contribution in [3.05, 3.63) is 89.5 Å². The highest BCUT2D eigenvalue weighted by atomic mass is 19.1. The highest BCUT2D eigenvalue weighted by Crippen LogP contribution is 2.34. The molecule has 4 nitrogen and oxygen atoms in total. The van der Waals surface area contributed by atoms with E-state index in [0.717, 1.165) is 23.5 Å². The summed E-state index contributed by atoms with van der Waals surface area (Å²) in [6.07, 6.45) is 2.05. The van der Waals surface area contributed by atoms with Crippen molar-refractivity contribution in [2.45, 2.75) is 12.6 Å². The predicted molar refractivity (Wildman–Crippen MR) is 104 cm³/mol. The van der Waals surface area contributed by atoms with Crippen LogP contribution in [0.2, 0.25) is 0 Å². The third-order valence-electron chi connectivity index (χ3n) is 5.12. The zero-order chi connectivity index (χ0) is 19.0. The van der Waals surface area contributed by atoms with Crippen LogP contribution < -0.4 is 4.90 Å². The maximum Gasteiger partial charge on any atom is 0.254 e. The van der Waals surface area contributed by atoms with E-state index in [9.17, 15) is 9.18 Å². The van der Waals surface area contributed by atoms with Crippen molar-refractivity contribution >= 4 is 11.6 Å². The highest BCUT2D eigenvalue weighted by molar-refractivity contribution is 5.94. The molecule has 0 unspecified atom stereocenters. The van der Waals surface area contributed by atoms with Crippen LogP contribution >= 0.6 is 0 Å². The van der Waals surface area contributed by atoms with Crippen molar-refractivity contribution in [2.75, 3.05) is 25.5 Å². The average molecular weight is 363 g/mol. The highest BCUT2D eigenvalue weighted by Gasteiger charge is 2.32. The normalized spacial score (nSPS) is 16.1. The predicted octanol–water partition coefficient (Wildman–Crippen LogP) is 3.94. The van der Waals surface area contributed by atoms with Crippen LogP contribution in [0.5, 0.6) is 0 Å². The summed E-state index contributed by atoms with van der Waals surface area (Å²) in [7, 11) is 4.01. The smallest absolute Gasteiger partial charge is 0.254 e. The Bertz CT molecular complexity index is 944. The summed E-state index contributed by atoms with van der Waals surface area (Å²) in [6, 6.07) is 18.0. The number of benzene rings is 2. The lowest BCUT2D eigenvalue weighted by Gasteiger charge is -2.37. The van der Waals surface area contributed by atoms with E-state index in [1.165, 1.54) is 12.1 Å². The van der Waals surface area contributed by atoms with Gasteiger partial charge in [-0.2, -0.15) is 0 Å². The number of fused-ring (bicyclic) bond motifs is 1. The Morgan fingerprint density at radius 3 is 2.37 bits per heavy atom. The Balaban J connectivity index is 1.74. The first-order valence-corrected chi connectivity index (χ1v) is 9.03. The standard InChI is InChI=1S/C22H22FN3O/c1-24(2)19-11-7-16(8-12-19)21-20-4-3-13-25(20)14-15-26(21)22(27)17-5-9-18(23)10-6-17/h3-13,21H,14-15H2,1-2H3/t21-/m1/s1. The van der Waals surface area contributed by atoms with Gasteiger partial charge in [0.2, 0.25) is 0 Å². The van der Waals surface area contributed by atoms with Crippen LogP contribution in [0.25, 0.3) is 0 Å². The third-order valence-corrected chi connectivity index (χ3v) is 5.12. The van der Waals surface area contributed by atoms with Crippen LogP contribution in [0.3, 0.4) is 0 Å². The summed E-state index contributed by atoms with van der Waals surface area (Å²) in [4.78, 5) is 17.1. The number of carbonyl (C=O) groups excluding carboxylic acids is 1. The fourth-order valence-electron chi connectivity index (χ4n) is 3.67. The van der Waals surface area contributed by atoms with Crippen molar-refractivity contribution < 1.29 is 9.18 Å². The maximum atomic E-state index is 13.3. The molecule has 1 aliphatic heterocycles. The van der Waals surface area contributed by atoms with E-state index >= 15 is 0 Å². The number of halogens is 1. The van der Waals surface area contributed by atoms with Gasteiger partial charge in [0.1, 0.15) is 5.82 Å². The number of nitrogens with zero attached hydrogens (tertiary/aromatic N) is 3. The largest absolute Gasteiger partial charge is 0.378 e. The molecule has 0 spiro atoms. The number of rotatable bonds is 3. The van der Waals surface area contributed by atoms with Gasteiger partial charge in [0.25, 0.3) is 5.91 Å². The molecule has 1 aliphatic rings. The number of hydrogen-bond donors (Lipinski definition) is 0. The minimum atomic E-state index is -0.338. The molecule has 1 amide bonds. The Kier molecular flexibility index (Phi) is 4.44. The monoisotopic (exact) mass is 363 g/mol. The zero-order valence-corrected chi connectivity index (χ0v) is 15.5. The van der Waals surface area contributed by atoms with E-state index < -0.39 is 0 Å². The molecule has 0 bridgehead atoms. The molecule has 0 aliphatic carbocycles. The molecule has 2 aromatic carbocycles. The summed E-state index contributed by atoms with van der Waals surface area (Å²) in [5.74, 6) is -0.418. The molecule has 3 aromatic rings. The average Bonchev–Trinajstić information content (AvgIpc) is 3.16. The molecular formula is C22H22FN3O. The fourth-order valence-corrected chi connectivity index (χ4v) is 3.67. The molecule has 4 rings (SSSR count). The van der Waals surface area contributed by atoms with Crippen LogP contribution in [0.4, 0.5) is 10.1 Å². The van der Waals surface area contributed by atoms with E-state index in [1.54, 1.807) is 12.1 Å². The Hall–Kier alpha value is -3.08. The fraction of sp³-hybridized carbons (Fsp3) is 0.227. The molecule has 0 fully saturated rings. The summed E-state index contributed by atoms with van der Waals surface area (Å²) < 4.78 is 15.5. The Morgan fingerprint density at radius 2 is 1.70 bits per heavy atom. The van der Waals surface area contributed by atoms with E-state index in [2.05, 4.69) is 46.0 Å². The minimum Gasteiger partial charge on any atom is -0.378 e. The summed E-state index contributed by atoms with van der Waals surface area (Å²) >= 11 is 0. The molecule has 1 atom stereocenters. The molecule has 27 heavy (non-hydrogen) atoms. The van der Waals surface area contributed by atoms with Crippen molar-refractivity contribution in [1.29, 1.82) is 0 Å². The molecule has 0 radical (unpaired) electrons. The summed E-state index contributed by atoms with van der Waals surface area (Å²) in [5, 5.41) is 0. The molecule has 1 aromatic heterocycles. The van der Waals surface area contributed by atoms with Gasteiger partial charge in [0.05, 0.1) is 6.04 Å². The number of amides is 1. The van der Waals surface area contributed by atoms with E-state index in [0.29, 0.717) is 12.1 Å². The third kappa shape index (κ3) is 3.21. The van der Waals surface area contributed by atoms with Gasteiger partial charge in [0.15, 0.2) is 0 Å². The van der Waals surface area contributed by atoms with E-state index in [1.807, 2.05) is 25.1 Å². The molecule has 0 saturated carbocycles. The van der Waals surface area contributed by atoms with Crippen molar-refractivity contribution in [2.24, 2.45) is 0 Å². The first-order chi connectivity index (χ1) is 13.0. The van der Waals surface area contributed by atoms with Crippen molar-refractivity contribution in [3.8, 4) is 0 Å². The summed E-state index contributed by atoms with van der Waals surface area (Å²) in [6.45, 7) is 1.36. The second kappa shape index (κ2) is 6.91. The van der Waals surface area contributed by atoms with Gasteiger partial charge in [-0.25, -0.2) is 4.39 Å². The van der Waals surface area contributed by atoms with Crippen molar-refractivity contribution in [3.63, 3.8) is 0 Å². The molecule has 0 saturated heterocycles. The van der Waals surface area contributed by atoms with Crippen LogP contribution in [0.15, 0.2) is 66.9 Å². The second-order valence-corrected chi connectivity index (χ2v) is 7.02. The molecule has 5 heteroatoms. The zero-order valence-electron chi connectivity index (χ0n) is 15.5. The van der Waals surface area contributed by atoms with Crippen LogP contribution in [0, 0.1) is 5.82 Å². The second-order valence-electron chi connectivity index (χ2n) is 7.02. The van der Waals surface area contributed by atoms with E-state index in [4.69, 9.17) is 0 Å². The quantitative estimate of drug-likeness (QED) is 0.705. The Labute approximate surface area is 158 Å². The number of hydrogen-bond acceptors (Lipinski definition) is 2. The first-order valence-electron chi connectivity index (χ1n) is 9.03. The van der Waals surface area contributed by atoms with Gasteiger partial charge >= 0.3 is 0 Å². The van der Waals surface area contributed by atoms with Gasteiger partial charge in [-0.1, -0.05) is 12.1 Å². The lowest BCUT2D eigenvalue weighted by Crippen LogP contribution is -2.42. The topological polar surface area (TPSA) is 28.5 Å². The van der Waals surface area contributed by atoms with E-state index in [-0.39, 0.29) is 17.8 Å². The Morgan fingerprint density at radius 1 is 1.00 bits per heavy atom. The number of aromatic nitrogens is 1. The van der Waals surface area contributed by atoms with Gasteiger partial charge in [-0.05, 0) is 54.1 Å². The molecular weight excluding hydrogens is 341 g/mol.